The van der Waals surface area contributed by atoms with Crippen LogP contribution in [0.3, 0.4) is 0 Å². The average molecular weight is 204 g/mol. The summed E-state index contributed by atoms with van der Waals surface area (Å²) < 4.78 is 1.12. The predicted octanol–water partition coefficient (Wildman–Crippen LogP) is 2.56. The molecule has 0 atom stereocenters. The maximum absolute atomic E-state index is 3.89. The van der Waals surface area contributed by atoms with Crippen LogP contribution in [0.2, 0.25) is 0 Å². The van der Waals surface area contributed by atoms with E-state index in [1.165, 1.54) is 4.88 Å². The Labute approximate surface area is 66.6 Å². The van der Waals surface area contributed by atoms with E-state index in [-0.39, 0.29) is 0 Å². The topological polar surface area (TPSA) is 12.4 Å². The van der Waals surface area contributed by atoms with E-state index in [9.17, 15) is 0 Å². The van der Waals surface area contributed by atoms with Crippen LogP contribution in [-0.4, -0.2) is 13.3 Å². The normalized spacial score (nSPS) is 10.9. The zero-order valence-corrected chi connectivity index (χ0v) is 7.37. The van der Waals surface area contributed by atoms with E-state index in [2.05, 4.69) is 20.9 Å². The van der Waals surface area contributed by atoms with Crippen LogP contribution in [0.15, 0.2) is 20.9 Å². The van der Waals surface area contributed by atoms with E-state index in [4.69, 9.17) is 0 Å². The first-order valence-electron chi connectivity index (χ1n) is 2.49. The monoisotopic (exact) mass is 203 g/mol. The molecule has 3 heteroatoms. The molecule has 0 N–H and O–H groups in total. The lowest BCUT2D eigenvalue weighted by Crippen LogP contribution is -1.71. The second kappa shape index (κ2) is 3.13. The van der Waals surface area contributed by atoms with Crippen molar-refractivity contribution in [3.05, 3.63) is 20.8 Å². The van der Waals surface area contributed by atoms with Gasteiger partial charge in [-0.1, -0.05) is 0 Å². The number of aliphatic imine (C=N–C) groups is 1. The number of thiophene rings is 1. The Morgan fingerprint density at radius 1 is 1.78 bits per heavy atom. The van der Waals surface area contributed by atoms with Gasteiger partial charge in [0.15, 0.2) is 0 Å². The third-order valence-corrected chi connectivity index (χ3v) is 2.70. The molecule has 0 unspecified atom stereocenters. The van der Waals surface area contributed by atoms with Crippen LogP contribution in [0.25, 0.3) is 0 Å². The minimum Gasteiger partial charge on any atom is -0.295 e. The Balaban J connectivity index is 2.94. The van der Waals surface area contributed by atoms with Crippen molar-refractivity contribution in [1.82, 2.24) is 0 Å². The highest BCUT2D eigenvalue weighted by Crippen LogP contribution is 2.19. The van der Waals surface area contributed by atoms with E-state index < -0.39 is 0 Å². The zero-order chi connectivity index (χ0) is 6.69. The number of hydrogen-bond donors (Lipinski definition) is 0. The molecular formula is C6H6BrNS. The molecule has 1 heterocycles. The van der Waals surface area contributed by atoms with Gasteiger partial charge in [-0.15, -0.1) is 11.3 Å². The summed E-state index contributed by atoms with van der Waals surface area (Å²) in [4.78, 5) is 5.07. The molecule has 0 aliphatic rings. The van der Waals surface area contributed by atoms with Crippen LogP contribution in [0.1, 0.15) is 4.88 Å². The van der Waals surface area contributed by atoms with Crippen molar-refractivity contribution in [3.8, 4) is 0 Å². The quantitative estimate of drug-likeness (QED) is 0.623. The van der Waals surface area contributed by atoms with Gasteiger partial charge in [-0.05, 0) is 27.4 Å². The number of nitrogens with zero attached hydrogens (tertiary/aromatic N) is 1. The van der Waals surface area contributed by atoms with Crippen molar-refractivity contribution in [3.63, 3.8) is 0 Å². The van der Waals surface area contributed by atoms with Crippen molar-refractivity contribution in [2.45, 2.75) is 0 Å². The average Bonchev–Trinajstić information content (AvgIpc) is 2.18. The standard InChI is InChI=1S/C6H6BrNS/c1-8-4-6-5(7)2-3-9-6/h2-4H,1H3. The molecule has 1 nitrogen and oxygen atoms in total. The van der Waals surface area contributed by atoms with Crippen LogP contribution in [0, 0.1) is 0 Å². The molecule has 9 heavy (non-hydrogen) atoms. The fraction of sp³-hybridized carbons (Fsp3) is 0.167. The molecule has 48 valence electrons. The molecule has 1 rings (SSSR count). The Morgan fingerprint density at radius 3 is 3.00 bits per heavy atom. The summed E-state index contributed by atoms with van der Waals surface area (Å²) in [6.45, 7) is 0. The lowest BCUT2D eigenvalue weighted by atomic mass is 10.5. The zero-order valence-electron chi connectivity index (χ0n) is 4.97. The number of halogens is 1. The fourth-order valence-corrected chi connectivity index (χ4v) is 1.90. The number of rotatable bonds is 1. The molecule has 0 spiro atoms. The van der Waals surface area contributed by atoms with E-state index in [1.807, 2.05) is 17.7 Å². The van der Waals surface area contributed by atoms with E-state index in [0.717, 1.165) is 4.47 Å². The van der Waals surface area contributed by atoms with Crippen molar-refractivity contribution in [2.75, 3.05) is 7.05 Å². The number of hydrogen-bond acceptors (Lipinski definition) is 2. The molecule has 0 saturated carbocycles. The van der Waals surface area contributed by atoms with Gasteiger partial charge in [0, 0.05) is 17.7 Å². The summed E-state index contributed by atoms with van der Waals surface area (Å²) in [6, 6.07) is 2.02. The molecule has 0 bridgehead atoms. The summed E-state index contributed by atoms with van der Waals surface area (Å²) in [5, 5.41) is 2.03. The Bertz CT molecular complexity index is 217. The third-order valence-electron chi connectivity index (χ3n) is 0.891. The van der Waals surface area contributed by atoms with Gasteiger partial charge in [0.05, 0.1) is 4.88 Å². The highest BCUT2D eigenvalue weighted by molar-refractivity contribution is 9.10. The minimum absolute atomic E-state index is 1.12. The molecule has 0 aliphatic carbocycles. The molecular weight excluding hydrogens is 198 g/mol. The van der Waals surface area contributed by atoms with E-state index in [0.29, 0.717) is 0 Å². The molecule has 1 aromatic heterocycles. The van der Waals surface area contributed by atoms with Crippen LogP contribution in [0.5, 0.6) is 0 Å². The van der Waals surface area contributed by atoms with Gasteiger partial charge in [-0.3, -0.25) is 4.99 Å². The van der Waals surface area contributed by atoms with E-state index >= 15 is 0 Å². The fourth-order valence-electron chi connectivity index (χ4n) is 0.515. The van der Waals surface area contributed by atoms with Gasteiger partial charge < -0.3 is 0 Å². The van der Waals surface area contributed by atoms with Crippen LogP contribution < -0.4 is 0 Å². The molecule has 0 saturated heterocycles. The SMILES string of the molecule is CN=Cc1sccc1Br. The summed E-state index contributed by atoms with van der Waals surface area (Å²) in [5.74, 6) is 0. The van der Waals surface area contributed by atoms with Crippen molar-refractivity contribution in [2.24, 2.45) is 4.99 Å². The highest BCUT2D eigenvalue weighted by Gasteiger charge is 1.94. The van der Waals surface area contributed by atoms with Gasteiger partial charge in [0.25, 0.3) is 0 Å². The molecule has 1 aromatic rings. The summed E-state index contributed by atoms with van der Waals surface area (Å²) in [7, 11) is 1.77. The van der Waals surface area contributed by atoms with Crippen molar-refractivity contribution in [1.29, 1.82) is 0 Å². The van der Waals surface area contributed by atoms with Gasteiger partial charge in [-0.2, -0.15) is 0 Å². The predicted molar refractivity (Wildman–Crippen MR) is 45.5 cm³/mol. The van der Waals surface area contributed by atoms with Gasteiger partial charge in [0.1, 0.15) is 0 Å². The maximum atomic E-state index is 3.89. The minimum atomic E-state index is 1.12. The van der Waals surface area contributed by atoms with Gasteiger partial charge in [-0.25, -0.2) is 0 Å². The Kier molecular flexibility index (Phi) is 2.42. The first-order valence-corrected chi connectivity index (χ1v) is 4.17. The lowest BCUT2D eigenvalue weighted by molar-refractivity contribution is 1.47. The van der Waals surface area contributed by atoms with Crippen molar-refractivity contribution < 1.29 is 0 Å². The smallest absolute Gasteiger partial charge is 0.0590 e. The molecule has 0 amide bonds. The first kappa shape index (κ1) is 6.96. The first-order chi connectivity index (χ1) is 4.34. The second-order valence-electron chi connectivity index (χ2n) is 1.52. The van der Waals surface area contributed by atoms with Crippen LogP contribution in [-0.2, 0) is 0 Å². The van der Waals surface area contributed by atoms with Gasteiger partial charge in [0.2, 0.25) is 0 Å². The second-order valence-corrected chi connectivity index (χ2v) is 3.32. The molecule has 0 fully saturated rings. The highest BCUT2D eigenvalue weighted by atomic mass is 79.9. The molecule has 0 aromatic carbocycles. The summed E-state index contributed by atoms with van der Waals surface area (Å²) in [5.41, 5.74) is 0. The third kappa shape index (κ3) is 1.63. The largest absolute Gasteiger partial charge is 0.295 e. The molecule has 0 radical (unpaired) electrons. The summed E-state index contributed by atoms with van der Waals surface area (Å²) >= 11 is 5.06. The van der Waals surface area contributed by atoms with Crippen LogP contribution >= 0.6 is 27.3 Å². The Morgan fingerprint density at radius 2 is 2.56 bits per heavy atom. The lowest BCUT2D eigenvalue weighted by Gasteiger charge is -1.82. The van der Waals surface area contributed by atoms with E-state index in [1.54, 1.807) is 18.4 Å². The summed E-state index contributed by atoms with van der Waals surface area (Å²) in [6.07, 6.45) is 1.84. The molecule has 0 aliphatic heterocycles. The van der Waals surface area contributed by atoms with Crippen molar-refractivity contribution >= 4 is 33.5 Å². The van der Waals surface area contributed by atoms with Gasteiger partial charge >= 0.3 is 0 Å². The maximum Gasteiger partial charge on any atom is 0.0590 e. The Hall–Kier alpha value is -0.150. The van der Waals surface area contributed by atoms with Crippen LogP contribution in [0.4, 0.5) is 0 Å².